The number of ether oxygens (including phenoxy) is 1. The van der Waals surface area contributed by atoms with Crippen LogP contribution >= 0.6 is 24.8 Å². The molecule has 0 unspecified atom stereocenters. The summed E-state index contributed by atoms with van der Waals surface area (Å²) < 4.78 is 5.86. The minimum absolute atomic E-state index is 0. The van der Waals surface area contributed by atoms with Gasteiger partial charge in [-0.15, -0.1) is 24.8 Å². The van der Waals surface area contributed by atoms with Crippen molar-refractivity contribution in [2.24, 2.45) is 0 Å². The Labute approximate surface area is 258 Å². The molecule has 226 valence electrons. The molecule has 1 aliphatic heterocycles. The molecule has 42 heavy (non-hydrogen) atoms. The number of phenols is 2. The van der Waals surface area contributed by atoms with Crippen LogP contribution in [-0.2, 0) is 4.74 Å². The SMILES string of the molecule is Cc1cc(C(=O)N[C@@H]2CNCCC[C@H]2OC(=O)c2ccc(C(=O)c3cc(N(C)C)ccc3O)cc2)cc(C)c1O.Cl.Cl. The minimum atomic E-state index is -0.558. The summed E-state index contributed by atoms with van der Waals surface area (Å²) >= 11 is 0. The van der Waals surface area contributed by atoms with Crippen molar-refractivity contribution in [2.75, 3.05) is 32.1 Å². The molecule has 1 aliphatic rings. The van der Waals surface area contributed by atoms with Crippen LogP contribution in [0.15, 0.2) is 54.6 Å². The van der Waals surface area contributed by atoms with Gasteiger partial charge in [-0.1, -0.05) is 12.1 Å². The molecule has 1 heterocycles. The van der Waals surface area contributed by atoms with Gasteiger partial charge in [0.2, 0.25) is 0 Å². The van der Waals surface area contributed by atoms with Gasteiger partial charge in [0.1, 0.15) is 17.6 Å². The van der Waals surface area contributed by atoms with Crippen molar-refractivity contribution < 1.29 is 29.3 Å². The highest BCUT2D eigenvalue weighted by Crippen LogP contribution is 2.26. The molecule has 0 bridgehead atoms. The van der Waals surface area contributed by atoms with Crippen molar-refractivity contribution in [1.29, 1.82) is 0 Å². The first-order valence-electron chi connectivity index (χ1n) is 13.2. The predicted octanol–water partition coefficient (Wildman–Crippen LogP) is 4.56. The first-order chi connectivity index (χ1) is 19.0. The Balaban J connectivity index is 0.00000308. The number of aryl methyl sites for hydroxylation is 2. The maximum atomic E-state index is 13.1. The number of halogens is 2. The smallest absolute Gasteiger partial charge is 0.338 e. The number of anilines is 1. The normalized spacial score (nSPS) is 16.2. The summed E-state index contributed by atoms with van der Waals surface area (Å²) in [7, 11) is 3.69. The molecule has 9 nitrogen and oxygen atoms in total. The Bertz CT molecular complexity index is 1410. The van der Waals surface area contributed by atoms with E-state index < -0.39 is 18.1 Å². The van der Waals surface area contributed by atoms with Gasteiger partial charge in [0.05, 0.1) is 17.2 Å². The van der Waals surface area contributed by atoms with E-state index >= 15 is 0 Å². The zero-order valence-corrected chi connectivity index (χ0v) is 25.6. The van der Waals surface area contributed by atoms with Gasteiger partial charge < -0.3 is 30.5 Å². The summed E-state index contributed by atoms with van der Waals surface area (Å²) in [5.41, 5.74) is 3.18. The summed E-state index contributed by atoms with van der Waals surface area (Å²) in [6.45, 7) is 4.64. The number of rotatable bonds is 7. The van der Waals surface area contributed by atoms with E-state index in [1.165, 1.54) is 30.3 Å². The summed E-state index contributed by atoms with van der Waals surface area (Å²) in [5, 5.41) is 26.5. The maximum Gasteiger partial charge on any atom is 0.338 e. The number of phenolic OH excluding ortho intramolecular Hbond substituents is 2. The number of carbonyl (C=O) groups is 3. The first kappa shape index (κ1) is 34.4. The Morgan fingerprint density at radius 3 is 2.14 bits per heavy atom. The molecule has 3 aromatic rings. The minimum Gasteiger partial charge on any atom is -0.507 e. The van der Waals surface area contributed by atoms with Gasteiger partial charge in [-0.3, -0.25) is 9.59 Å². The van der Waals surface area contributed by atoms with Crippen LogP contribution in [0.1, 0.15) is 60.6 Å². The van der Waals surface area contributed by atoms with Crippen molar-refractivity contribution >= 4 is 48.2 Å². The summed E-state index contributed by atoms with van der Waals surface area (Å²) in [6.07, 6.45) is 0.776. The van der Waals surface area contributed by atoms with E-state index in [1.807, 2.05) is 19.0 Å². The van der Waals surface area contributed by atoms with E-state index in [1.54, 1.807) is 38.1 Å². The van der Waals surface area contributed by atoms with E-state index in [4.69, 9.17) is 4.74 Å². The van der Waals surface area contributed by atoms with E-state index in [2.05, 4.69) is 10.6 Å². The van der Waals surface area contributed by atoms with E-state index in [-0.39, 0.29) is 59.1 Å². The van der Waals surface area contributed by atoms with Crippen molar-refractivity contribution in [3.05, 3.63) is 88.0 Å². The molecule has 0 spiro atoms. The third kappa shape index (κ3) is 7.94. The topological polar surface area (TPSA) is 128 Å². The molecule has 4 N–H and O–H groups in total. The lowest BCUT2D eigenvalue weighted by Crippen LogP contribution is -2.49. The van der Waals surface area contributed by atoms with Crippen LogP contribution in [0.3, 0.4) is 0 Å². The molecule has 0 aromatic heterocycles. The molecule has 0 saturated carbocycles. The highest BCUT2D eigenvalue weighted by molar-refractivity contribution is 6.11. The number of nitrogens with one attached hydrogen (secondary N) is 2. The zero-order valence-electron chi connectivity index (χ0n) is 24.0. The lowest BCUT2D eigenvalue weighted by molar-refractivity contribution is 0.0192. The van der Waals surface area contributed by atoms with Crippen molar-refractivity contribution in [3.63, 3.8) is 0 Å². The zero-order chi connectivity index (χ0) is 29.0. The van der Waals surface area contributed by atoms with Crippen molar-refractivity contribution in [2.45, 2.75) is 38.8 Å². The van der Waals surface area contributed by atoms with Gasteiger partial charge >= 0.3 is 5.97 Å². The number of hydrogen-bond acceptors (Lipinski definition) is 8. The molecular formula is C31H37Cl2N3O6. The molecule has 1 fully saturated rings. The third-order valence-corrected chi connectivity index (χ3v) is 7.11. The summed E-state index contributed by atoms with van der Waals surface area (Å²) in [5.74, 6) is -1.19. The molecule has 11 heteroatoms. The van der Waals surface area contributed by atoms with Gasteiger partial charge in [0.15, 0.2) is 5.78 Å². The highest BCUT2D eigenvalue weighted by Gasteiger charge is 2.29. The van der Waals surface area contributed by atoms with E-state index in [0.717, 1.165) is 18.7 Å². The van der Waals surface area contributed by atoms with Gasteiger partial charge in [-0.05, 0) is 86.8 Å². The molecule has 4 rings (SSSR count). The fraction of sp³-hybridized carbons (Fsp3) is 0.323. The monoisotopic (exact) mass is 617 g/mol. The summed E-state index contributed by atoms with van der Waals surface area (Å²) in [6, 6.07) is 13.7. The molecule has 0 radical (unpaired) electrons. The lowest BCUT2D eigenvalue weighted by atomic mass is 10.0. The average molecular weight is 619 g/mol. The fourth-order valence-electron chi connectivity index (χ4n) is 4.74. The maximum absolute atomic E-state index is 13.1. The summed E-state index contributed by atoms with van der Waals surface area (Å²) in [4.78, 5) is 41.0. The van der Waals surface area contributed by atoms with Gasteiger partial charge in [-0.25, -0.2) is 4.79 Å². The molecule has 2 atom stereocenters. The molecule has 0 aliphatic carbocycles. The Hall–Kier alpha value is -3.79. The Kier molecular flexibility index (Phi) is 12.2. The number of benzene rings is 3. The molecular weight excluding hydrogens is 581 g/mol. The number of ketones is 1. The number of nitrogens with zero attached hydrogens (tertiary/aromatic N) is 1. The number of aromatic hydroxyl groups is 2. The van der Waals surface area contributed by atoms with Crippen LogP contribution in [-0.4, -0.2) is 67.2 Å². The second kappa shape index (κ2) is 14.9. The average Bonchev–Trinajstić information content (AvgIpc) is 3.15. The largest absolute Gasteiger partial charge is 0.507 e. The Morgan fingerprint density at radius 1 is 0.905 bits per heavy atom. The van der Waals surface area contributed by atoms with Crippen LogP contribution < -0.4 is 15.5 Å². The van der Waals surface area contributed by atoms with Gasteiger partial charge in [0.25, 0.3) is 5.91 Å². The van der Waals surface area contributed by atoms with Crippen LogP contribution in [0.5, 0.6) is 11.5 Å². The number of hydrogen-bond donors (Lipinski definition) is 4. The first-order valence-corrected chi connectivity index (χ1v) is 13.2. The van der Waals surface area contributed by atoms with Crippen LogP contribution in [0, 0.1) is 13.8 Å². The Morgan fingerprint density at radius 2 is 1.52 bits per heavy atom. The van der Waals surface area contributed by atoms with Crippen LogP contribution in [0.25, 0.3) is 0 Å². The lowest BCUT2D eigenvalue weighted by Gasteiger charge is -2.26. The van der Waals surface area contributed by atoms with E-state index in [9.17, 15) is 24.6 Å². The number of amides is 1. The molecule has 1 amide bonds. The predicted molar refractivity (Wildman–Crippen MR) is 167 cm³/mol. The quantitative estimate of drug-likeness (QED) is 0.224. The second-order valence-corrected chi connectivity index (χ2v) is 10.3. The molecule has 3 aromatic carbocycles. The number of carbonyl (C=O) groups excluding carboxylic acids is 3. The fourth-order valence-corrected chi connectivity index (χ4v) is 4.74. The highest BCUT2D eigenvalue weighted by atomic mass is 35.5. The van der Waals surface area contributed by atoms with Crippen LogP contribution in [0.4, 0.5) is 5.69 Å². The third-order valence-electron chi connectivity index (χ3n) is 7.11. The molecule has 1 saturated heterocycles. The van der Waals surface area contributed by atoms with Gasteiger partial charge in [-0.2, -0.15) is 0 Å². The number of esters is 1. The van der Waals surface area contributed by atoms with Gasteiger partial charge in [0, 0.05) is 37.5 Å². The van der Waals surface area contributed by atoms with Crippen LogP contribution in [0.2, 0.25) is 0 Å². The second-order valence-electron chi connectivity index (χ2n) is 10.3. The van der Waals surface area contributed by atoms with E-state index in [0.29, 0.717) is 35.2 Å². The van der Waals surface area contributed by atoms with Crippen molar-refractivity contribution in [1.82, 2.24) is 10.6 Å². The van der Waals surface area contributed by atoms with Crippen molar-refractivity contribution in [3.8, 4) is 11.5 Å². The standard InChI is InChI=1S/C31H35N3O6.2ClH/c1-18-14-22(15-19(2)28(18)36)30(38)33-25-17-32-13-5-6-27(25)40-31(39)21-9-7-20(8-10-21)29(37)24-16-23(34(3)4)11-12-26(24)35;;/h7-12,14-16,25,27,32,35-36H,5-6,13,17H2,1-4H3,(H,33,38);2*1H/t25-,27-;;/m1../s1.